The van der Waals surface area contributed by atoms with Crippen LogP contribution in [0.25, 0.3) is 0 Å². The summed E-state index contributed by atoms with van der Waals surface area (Å²) in [5.74, 6) is -1.12. The Morgan fingerprint density at radius 2 is 1.92 bits per heavy atom. The van der Waals surface area contributed by atoms with E-state index in [0.29, 0.717) is 12.2 Å². The van der Waals surface area contributed by atoms with Crippen LogP contribution in [-0.4, -0.2) is 32.6 Å². The van der Waals surface area contributed by atoms with E-state index < -0.39 is 5.91 Å². The average Bonchev–Trinajstić information content (AvgIpc) is 3.19. The van der Waals surface area contributed by atoms with Crippen LogP contribution >= 0.6 is 0 Å². The number of rotatable bonds is 5. The molecule has 0 saturated heterocycles. The number of hydrogen-bond acceptors (Lipinski definition) is 4. The van der Waals surface area contributed by atoms with Gasteiger partial charge in [-0.2, -0.15) is 0 Å². The first-order valence-electron chi connectivity index (χ1n) is 8.23. The summed E-state index contributed by atoms with van der Waals surface area (Å²) in [6.07, 6.45) is 5.75. The van der Waals surface area contributed by atoms with Crippen molar-refractivity contribution < 1.29 is 14.7 Å². The number of nitrogens with zero attached hydrogens (tertiary/aromatic N) is 2. The van der Waals surface area contributed by atoms with Gasteiger partial charge in [-0.05, 0) is 30.5 Å². The molecule has 0 atom stereocenters. The number of carbonyl (C=O) groups excluding carboxylic acids is 2. The molecule has 1 saturated carbocycles. The molecule has 0 bridgehead atoms. The van der Waals surface area contributed by atoms with Crippen LogP contribution in [0.3, 0.4) is 0 Å². The number of nitrogens with one attached hydrogen (secondary N) is 2. The Labute approximate surface area is 145 Å². The van der Waals surface area contributed by atoms with E-state index in [0.717, 1.165) is 31.2 Å². The van der Waals surface area contributed by atoms with Gasteiger partial charge in [-0.25, -0.2) is 9.78 Å². The Morgan fingerprint density at radius 3 is 2.56 bits per heavy atom. The smallest absolute Gasteiger partial charge is 0.319 e. The summed E-state index contributed by atoms with van der Waals surface area (Å²) in [5, 5.41) is 15.3. The lowest BCUT2D eigenvalue weighted by atomic mass is 10.2. The van der Waals surface area contributed by atoms with Crippen molar-refractivity contribution in [1.82, 2.24) is 14.9 Å². The highest BCUT2D eigenvalue weighted by molar-refractivity contribution is 5.93. The lowest BCUT2D eigenvalue weighted by Gasteiger charge is -2.13. The first-order chi connectivity index (χ1) is 12.0. The van der Waals surface area contributed by atoms with Gasteiger partial charge in [0.15, 0.2) is 5.69 Å². The number of nitrogens with two attached hydrogens (primary N) is 1. The highest BCUT2D eigenvalue weighted by Crippen LogP contribution is 2.19. The average molecular weight is 343 g/mol. The topological polar surface area (TPSA) is 122 Å². The van der Waals surface area contributed by atoms with Crippen molar-refractivity contribution in [2.45, 2.75) is 38.3 Å². The van der Waals surface area contributed by atoms with Crippen molar-refractivity contribution >= 4 is 17.6 Å². The summed E-state index contributed by atoms with van der Waals surface area (Å²) in [6, 6.07) is 7.28. The molecule has 0 aliphatic heterocycles. The Bertz CT molecular complexity index is 763. The fraction of sp³-hybridized carbons (Fsp3) is 0.353. The molecule has 8 heteroatoms. The van der Waals surface area contributed by atoms with Gasteiger partial charge in [-0.3, -0.25) is 4.79 Å². The van der Waals surface area contributed by atoms with Crippen molar-refractivity contribution in [3.8, 4) is 5.88 Å². The minimum atomic E-state index is -0.739. The number of carbonyl (C=O) groups is 2. The second-order valence-corrected chi connectivity index (χ2v) is 6.19. The summed E-state index contributed by atoms with van der Waals surface area (Å²) >= 11 is 0. The first kappa shape index (κ1) is 16.8. The van der Waals surface area contributed by atoms with E-state index >= 15 is 0 Å². The molecule has 1 aliphatic rings. The maximum Gasteiger partial charge on any atom is 0.319 e. The van der Waals surface area contributed by atoms with E-state index in [1.165, 1.54) is 10.9 Å². The highest BCUT2D eigenvalue weighted by atomic mass is 16.3. The molecule has 1 aromatic heterocycles. The predicted molar refractivity (Wildman–Crippen MR) is 92.4 cm³/mol. The molecule has 1 heterocycles. The fourth-order valence-corrected chi connectivity index (χ4v) is 3.06. The maximum atomic E-state index is 12.0. The van der Waals surface area contributed by atoms with Crippen molar-refractivity contribution in [2.24, 2.45) is 5.73 Å². The molecule has 2 aromatic rings. The zero-order valence-corrected chi connectivity index (χ0v) is 13.7. The van der Waals surface area contributed by atoms with Gasteiger partial charge < -0.3 is 26.0 Å². The zero-order chi connectivity index (χ0) is 17.8. The Morgan fingerprint density at radius 1 is 1.24 bits per heavy atom. The van der Waals surface area contributed by atoms with Crippen LogP contribution in [0.4, 0.5) is 10.5 Å². The number of benzene rings is 1. The first-order valence-corrected chi connectivity index (χ1v) is 8.23. The highest BCUT2D eigenvalue weighted by Gasteiger charge is 2.17. The summed E-state index contributed by atoms with van der Waals surface area (Å²) in [5.41, 5.74) is 6.78. The van der Waals surface area contributed by atoms with Crippen LogP contribution < -0.4 is 16.4 Å². The number of urea groups is 1. The molecule has 1 fully saturated rings. The molecule has 0 radical (unpaired) electrons. The van der Waals surface area contributed by atoms with Crippen LogP contribution in [0.1, 0.15) is 41.7 Å². The van der Waals surface area contributed by atoms with Crippen LogP contribution in [0.2, 0.25) is 0 Å². The molecule has 3 amide bonds. The van der Waals surface area contributed by atoms with Crippen molar-refractivity contribution in [3.05, 3.63) is 41.9 Å². The largest absolute Gasteiger partial charge is 0.492 e. The number of primary amides is 1. The van der Waals surface area contributed by atoms with Gasteiger partial charge in [0.1, 0.15) is 0 Å². The van der Waals surface area contributed by atoms with Crippen molar-refractivity contribution in [1.29, 1.82) is 0 Å². The van der Waals surface area contributed by atoms with E-state index in [9.17, 15) is 14.7 Å². The molecule has 1 aliphatic carbocycles. The van der Waals surface area contributed by atoms with Crippen LogP contribution in [-0.2, 0) is 6.54 Å². The van der Waals surface area contributed by atoms with Gasteiger partial charge in [0.25, 0.3) is 5.91 Å². The van der Waals surface area contributed by atoms with Crippen molar-refractivity contribution in [2.75, 3.05) is 5.32 Å². The molecular formula is C17H21N5O3. The van der Waals surface area contributed by atoms with E-state index in [4.69, 9.17) is 5.73 Å². The number of aromatic nitrogens is 2. The molecule has 0 unspecified atom stereocenters. The van der Waals surface area contributed by atoms with Crippen LogP contribution in [0.15, 0.2) is 30.6 Å². The second-order valence-electron chi connectivity index (χ2n) is 6.19. The van der Waals surface area contributed by atoms with Gasteiger partial charge in [-0.1, -0.05) is 25.0 Å². The molecule has 3 rings (SSSR count). The minimum Gasteiger partial charge on any atom is -0.492 e. The molecule has 0 spiro atoms. The summed E-state index contributed by atoms with van der Waals surface area (Å²) in [4.78, 5) is 27.0. The molecule has 132 valence electrons. The molecular weight excluding hydrogens is 322 g/mol. The summed E-state index contributed by atoms with van der Waals surface area (Å²) in [7, 11) is 0. The van der Waals surface area contributed by atoms with Gasteiger partial charge in [0.05, 0.1) is 6.33 Å². The Hall–Kier alpha value is -3.03. The monoisotopic (exact) mass is 343 g/mol. The van der Waals surface area contributed by atoms with E-state index in [1.54, 1.807) is 12.1 Å². The number of imidazole rings is 1. The Balaban J connectivity index is 1.60. The standard InChI is InChI=1S/C17H21N5O3/c18-15(23)14-16(24)19-10-22(14)9-11-5-7-13(8-6-11)21-17(25)20-12-3-1-2-4-12/h5-8,10,12,24H,1-4,9H2,(H2,18,23)(H2,20,21,25). The van der Waals surface area contributed by atoms with Gasteiger partial charge in [-0.15, -0.1) is 0 Å². The van der Waals surface area contributed by atoms with Crippen molar-refractivity contribution in [3.63, 3.8) is 0 Å². The van der Waals surface area contributed by atoms with Crippen LogP contribution in [0, 0.1) is 0 Å². The minimum absolute atomic E-state index is 0.0295. The van der Waals surface area contributed by atoms with E-state index in [-0.39, 0.29) is 23.6 Å². The molecule has 8 nitrogen and oxygen atoms in total. The lowest BCUT2D eigenvalue weighted by molar-refractivity contribution is 0.0989. The lowest BCUT2D eigenvalue weighted by Crippen LogP contribution is -2.36. The second kappa shape index (κ2) is 7.25. The molecule has 5 N–H and O–H groups in total. The predicted octanol–water partition coefficient (Wildman–Crippen LogP) is 1.80. The van der Waals surface area contributed by atoms with Crippen LogP contribution in [0.5, 0.6) is 5.88 Å². The normalized spacial score (nSPS) is 14.4. The van der Waals surface area contributed by atoms with E-state index in [1.807, 2.05) is 12.1 Å². The summed E-state index contributed by atoms with van der Waals surface area (Å²) < 4.78 is 1.48. The number of hydrogen-bond donors (Lipinski definition) is 4. The third kappa shape index (κ3) is 4.09. The zero-order valence-electron chi connectivity index (χ0n) is 13.7. The number of anilines is 1. The third-order valence-corrected chi connectivity index (χ3v) is 4.31. The third-order valence-electron chi connectivity index (χ3n) is 4.31. The van der Waals surface area contributed by atoms with E-state index in [2.05, 4.69) is 15.6 Å². The number of aromatic hydroxyl groups is 1. The SMILES string of the molecule is NC(=O)c1c(O)ncn1Cc1ccc(NC(=O)NC2CCCC2)cc1. The molecule has 25 heavy (non-hydrogen) atoms. The number of amides is 3. The van der Waals surface area contributed by atoms with Gasteiger partial charge in [0, 0.05) is 18.3 Å². The Kier molecular flexibility index (Phi) is 4.87. The molecule has 1 aromatic carbocycles. The van der Waals surface area contributed by atoms with Gasteiger partial charge in [0.2, 0.25) is 5.88 Å². The van der Waals surface area contributed by atoms with Gasteiger partial charge >= 0.3 is 6.03 Å². The fourth-order valence-electron chi connectivity index (χ4n) is 3.06. The summed E-state index contributed by atoms with van der Waals surface area (Å²) in [6.45, 7) is 0.334. The maximum absolute atomic E-state index is 12.0. The quantitative estimate of drug-likeness (QED) is 0.661.